The molecule has 0 spiro atoms. The van der Waals surface area contributed by atoms with E-state index in [2.05, 4.69) is 9.82 Å². The summed E-state index contributed by atoms with van der Waals surface area (Å²) in [6.45, 7) is 0. The molecule has 0 aromatic heterocycles. The number of halogens is 1. The largest absolute Gasteiger partial charge is 0.281 e. The number of rotatable bonds is 5. The summed E-state index contributed by atoms with van der Waals surface area (Å²) in [7, 11) is -4.07. The van der Waals surface area contributed by atoms with Gasteiger partial charge < -0.3 is 0 Å². The van der Waals surface area contributed by atoms with Crippen LogP contribution in [0.25, 0.3) is 10.8 Å². The molecule has 0 bridgehead atoms. The van der Waals surface area contributed by atoms with Gasteiger partial charge in [-0.2, -0.15) is 5.10 Å². The van der Waals surface area contributed by atoms with Crippen LogP contribution < -0.4 is 9.73 Å². The molecule has 1 heterocycles. The van der Waals surface area contributed by atoms with Crippen LogP contribution in [0.1, 0.15) is 18.0 Å². The Kier molecular flexibility index (Phi) is 5.81. The van der Waals surface area contributed by atoms with E-state index in [1.807, 2.05) is 66.7 Å². The molecule has 0 saturated heterocycles. The lowest BCUT2D eigenvalue weighted by atomic mass is 10.0. The Bertz CT molecular complexity index is 1500. The van der Waals surface area contributed by atoms with Gasteiger partial charge in [-0.1, -0.05) is 72.3 Å². The van der Waals surface area contributed by atoms with Gasteiger partial charge in [0.05, 0.1) is 16.6 Å². The number of nitrogens with zero attached hydrogens (tertiary/aromatic N) is 2. The highest BCUT2D eigenvalue weighted by molar-refractivity contribution is 7.90. The third kappa shape index (κ3) is 4.40. The van der Waals surface area contributed by atoms with Gasteiger partial charge in [0.25, 0.3) is 15.9 Å². The van der Waals surface area contributed by atoms with E-state index in [4.69, 9.17) is 11.6 Å². The molecular weight excluding hydrogens is 470 g/mol. The number of amides is 1. The molecule has 0 radical (unpaired) electrons. The van der Waals surface area contributed by atoms with E-state index in [-0.39, 0.29) is 23.1 Å². The molecule has 170 valence electrons. The van der Waals surface area contributed by atoms with Crippen LogP contribution in [-0.4, -0.2) is 20.0 Å². The third-order valence-electron chi connectivity index (χ3n) is 5.71. The summed E-state index contributed by atoms with van der Waals surface area (Å²) in [5.74, 6) is -0.745. The molecule has 5 rings (SSSR count). The minimum atomic E-state index is -4.07. The average Bonchev–Trinajstić information content (AvgIpc) is 3.30. The van der Waals surface area contributed by atoms with Gasteiger partial charge in [0.15, 0.2) is 0 Å². The van der Waals surface area contributed by atoms with Gasteiger partial charge in [-0.15, -0.1) is 0 Å². The molecule has 34 heavy (non-hydrogen) atoms. The fraction of sp³-hybridized carbons (Fsp3) is 0.0769. The van der Waals surface area contributed by atoms with Crippen molar-refractivity contribution in [3.8, 4) is 0 Å². The molecule has 4 aromatic rings. The zero-order valence-electron chi connectivity index (χ0n) is 17.9. The van der Waals surface area contributed by atoms with Crippen molar-refractivity contribution in [2.45, 2.75) is 17.4 Å². The van der Waals surface area contributed by atoms with Gasteiger partial charge >= 0.3 is 0 Å². The highest BCUT2D eigenvalue weighted by atomic mass is 35.5. The second kappa shape index (κ2) is 8.93. The zero-order chi connectivity index (χ0) is 23.7. The monoisotopic (exact) mass is 489 g/mol. The number of carbonyl (C=O) groups is 1. The lowest BCUT2D eigenvalue weighted by Gasteiger charge is -2.24. The number of hydrogen-bond acceptors (Lipinski definition) is 5. The molecule has 1 atom stereocenters. The first-order chi connectivity index (χ1) is 16.4. The Morgan fingerprint density at radius 3 is 2.29 bits per heavy atom. The fourth-order valence-electron chi connectivity index (χ4n) is 3.99. The van der Waals surface area contributed by atoms with Crippen LogP contribution in [0.15, 0.2) is 107 Å². The van der Waals surface area contributed by atoms with Gasteiger partial charge in [0, 0.05) is 11.4 Å². The summed E-state index contributed by atoms with van der Waals surface area (Å²) in [6, 6.07) is 28.7. The highest BCUT2D eigenvalue weighted by Crippen LogP contribution is 2.35. The quantitative estimate of drug-likeness (QED) is 0.412. The molecular formula is C26H20ClN3O3S. The van der Waals surface area contributed by atoms with Crippen LogP contribution in [0.2, 0.25) is 5.02 Å². The number of anilines is 1. The summed E-state index contributed by atoms with van der Waals surface area (Å²) in [6.07, 6.45) is 0.256. The molecule has 8 heteroatoms. The van der Waals surface area contributed by atoms with Crippen molar-refractivity contribution in [2.75, 3.05) is 5.01 Å². The van der Waals surface area contributed by atoms with Crippen molar-refractivity contribution in [1.29, 1.82) is 0 Å². The highest BCUT2D eigenvalue weighted by Gasteiger charge is 2.34. The molecule has 1 N–H and O–H groups in total. The van der Waals surface area contributed by atoms with Crippen molar-refractivity contribution in [2.24, 2.45) is 5.10 Å². The van der Waals surface area contributed by atoms with Crippen molar-refractivity contribution in [3.05, 3.63) is 108 Å². The smallest absolute Gasteiger partial charge is 0.267 e. The number of nitrogens with one attached hydrogen (secondary N) is 1. The maximum atomic E-state index is 13.0. The van der Waals surface area contributed by atoms with Crippen molar-refractivity contribution < 1.29 is 13.2 Å². The number of benzene rings is 4. The summed E-state index contributed by atoms with van der Waals surface area (Å²) < 4.78 is 28.1. The zero-order valence-corrected chi connectivity index (χ0v) is 19.5. The molecule has 1 unspecified atom stereocenters. The maximum Gasteiger partial charge on any atom is 0.281 e. The van der Waals surface area contributed by atoms with Gasteiger partial charge in [0.1, 0.15) is 5.71 Å². The first-order valence-electron chi connectivity index (χ1n) is 10.6. The SMILES string of the molecule is O=C(NS(=O)(=O)c1ccc2ccccc2c1)C1=NN(c2ccc(Cl)cc2)C(c2ccccc2)C1. The standard InChI is InChI=1S/C26H20ClN3O3S/c27-21-11-13-22(14-12-21)30-25(19-7-2-1-3-8-19)17-24(28-30)26(31)29-34(32,33)23-15-10-18-6-4-5-9-20(18)16-23/h1-16,25H,17H2,(H,29,31). The lowest BCUT2D eigenvalue weighted by Crippen LogP contribution is -2.35. The van der Waals surface area contributed by atoms with Crippen LogP contribution in [0, 0.1) is 0 Å². The van der Waals surface area contributed by atoms with Gasteiger partial charge in [0.2, 0.25) is 0 Å². The van der Waals surface area contributed by atoms with Gasteiger partial charge in [-0.05, 0) is 52.7 Å². The van der Waals surface area contributed by atoms with E-state index in [9.17, 15) is 13.2 Å². The van der Waals surface area contributed by atoms with Crippen molar-refractivity contribution in [3.63, 3.8) is 0 Å². The Morgan fingerprint density at radius 1 is 0.882 bits per heavy atom. The number of fused-ring (bicyclic) bond motifs is 1. The fourth-order valence-corrected chi connectivity index (χ4v) is 5.12. The second-order valence-corrected chi connectivity index (χ2v) is 10.1. The molecule has 0 saturated carbocycles. The first-order valence-corrected chi connectivity index (χ1v) is 12.5. The molecule has 0 fully saturated rings. The number of hydrazone groups is 1. The Hall–Kier alpha value is -3.68. The average molecular weight is 490 g/mol. The van der Waals surface area contributed by atoms with E-state index < -0.39 is 15.9 Å². The van der Waals surface area contributed by atoms with E-state index in [1.165, 1.54) is 6.07 Å². The number of carbonyl (C=O) groups excluding carboxylic acids is 1. The topological polar surface area (TPSA) is 78.8 Å². The van der Waals surface area contributed by atoms with E-state index in [1.54, 1.807) is 29.3 Å². The molecule has 0 aliphatic carbocycles. The second-order valence-electron chi connectivity index (χ2n) is 7.94. The minimum absolute atomic E-state index is 0.0207. The first kappa shape index (κ1) is 22.1. The normalized spacial score (nSPS) is 15.9. The Balaban J connectivity index is 1.44. The molecule has 4 aromatic carbocycles. The molecule has 1 amide bonds. The lowest BCUT2D eigenvalue weighted by molar-refractivity contribution is -0.113. The predicted molar refractivity (Wildman–Crippen MR) is 134 cm³/mol. The van der Waals surface area contributed by atoms with Gasteiger partial charge in [-0.3, -0.25) is 9.80 Å². The summed E-state index contributed by atoms with van der Waals surface area (Å²) >= 11 is 6.03. The number of sulfonamides is 1. The van der Waals surface area contributed by atoms with Gasteiger partial charge in [-0.25, -0.2) is 13.1 Å². The summed E-state index contributed by atoms with van der Waals surface area (Å²) in [4.78, 5) is 13.1. The molecule has 6 nitrogen and oxygen atoms in total. The Morgan fingerprint density at radius 2 is 1.56 bits per heavy atom. The third-order valence-corrected chi connectivity index (χ3v) is 7.29. The van der Waals surface area contributed by atoms with Crippen LogP contribution in [0.4, 0.5) is 5.69 Å². The van der Waals surface area contributed by atoms with Crippen LogP contribution >= 0.6 is 11.6 Å². The van der Waals surface area contributed by atoms with Crippen LogP contribution in [-0.2, 0) is 14.8 Å². The molecule has 1 aliphatic rings. The number of hydrogen-bond donors (Lipinski definition) is 1. The van der Waals surface area contributed by atoms with E-state index in [0.717, 1.165) is 22.0 Å². The van der Waals surface area contributed by atoms with Crippen LogP contribution in [0.5, 0.6) is 0 Å². The maximum absolute atomic E-state index is 13.0. The Labute approximate surface area is 202 Å². The van der Waals surface area contributed by atoms with Crippen molar-refractivity contribution in [1.82, 2.24) is 4.72 Å². The predicted octanol–water partition coefficient (Wildman–Crippen LogP) is 5.31. The summed E-state index contributed by atoms with van der Waals surface area (Å²) in [5.41, 5.74) is 1.84. The van der Waals surface area contributed by atoms with E-state index in [0.29, 0.717) is 5.02 Å². The minimum Gasteiger partial charge on any atom is -0.267 e. The molecule has 1 aliphatic heterocycles. The summed E-state index contributed by atoms with van der Waals surface area (Å²) in [5, 5.41) is 8.50. The van der Waals surface area contributed by atoms with Crippen LogP contribution in [0.3, 0.4) is 0 Å². The van der Waals surface area contributed by atoms with E-state index >= 15 is 0 Å². The van der Waals surface area contributed by atoms with Crippen molar-refractivity contribution >= 4 is 49.7 Å².